The van der Waals surface area contributed by atoms with Gasteiger partial charge in [-0.2, -0.15) is 0 Å². The highest BCUT2D eigenvalue weighted by atomic mass is 32.2. The summed E-state index contributed by atoms with van der Waals surface area (Å²) in [6.45, 7) is 1.94. The fourth-order valence-corrected chi connectivity index (χ4v) is 5.04. The van der Waals surface area contributed by atoms with E-state index in [1.807, 2.05) is 0 Å². The van der Waals surface area contributed by atoms with Crippen molar-refractivity contribution in [1.82, 2.24) is 5.32 Å². The molecule has 0 spiro atoms. The number of nitrogens with one attached hydrogen (secondary N) is 1. The first-order valence-electron chi connectivity index (χ1n) is 8.30. The number of benzene rings is 2. The molecule has 1 amide bonds. The summed E-state index contributed by atoms with van der Waals surface area (Å²) in [4.78, 5) is 12.2. The van der Waals surface area contributed by atoms with Crippen molar-refractivity contribution in [2.24, 2.45) is 5.92 Å². The van der Waals surface area contributed by atoms with Crippen LogP contribution in [0.1, 0.15) is 22.3 Å². The van der Waals surface area contributed by atoms with Crippen molar-refractivity contribution in [3.8, 4) is 11.1 Å². The van der Waals surface area contributed by atoms with Crippen molar-refractivity contribution < 1.29 is 22.0 Å². The Hall–Kier alpha value is -2.28. The van der Waals surface area contributed by atoms with Gasteiger partial charge in [0, 0.05) is 17.7 Å². The first-order chi connectivity index (χ1) is 12.2. The lowest BCUT2D eigenvalue weighted by molar-refractivity contribution is 0.0948. The second kappa shape index (κ2) is 7.15. The number of carbonyl (C=O) groups excluding carboxylic acids is 1. The van der Waals surface area contributed by atoms with Crippen molar-refractivity contribution in [1.29, 1.82) is 0 Å². The molecule has 3 rings (SSSR count). The van der Waals surface area contributed by atoms with Crippen LogP contribution in [0.5, 0.6) is 0 Å². The maximum atomic E-state index is 14.5. The second-order valence-corrected chi connectivity index (χ2v) is 8.86. The molecule has 0 aromatic heterocycles. The van der Waals surface area contributed by atoms with Crippen LogP contribution >= 0.6 is 0 Å². The van der Waals surface area contributed by atoms with Gasteiger partial charge in [0.1, 0.15) is 11.6 Å². The van der Waals surface area contributed by atoms with Gasteiger partial charge in [-0.3, -0.25) is 4.79 Å². The van der Waals surface area contributed by atoms with Crippen LogP contribution in [0.25, 0.3) is 11.1 Å². The molecule has 1 unspecified atom stereocenters. The van der Waals surface area contributed by atoms with E-state index in [2.05, 4.69) is 5.32 Å². The number of carbonyl (C=O) groups is 1. The van der Waals surface area contributed by atoms with Gasteiger partial charge in [0.25, 0.3) is 5.91 Å². The van der Waals surface area contributed by atoms with Crippen LogP contribution in [0.3, 0.4) is 0 Å². The maximum absolute atomic E-state index is 14.5. The standard InChI is InChI=1S/C19H19F2NO3S/c1-12-8-15(20)3-5-16(12)17-4-2-14(9-18(17)21)19(23)22-10-13-6-7-26(24,25)11-13/h2-5,8-9,13H,6-7,10-11H2,1H3,(H,22,23). The lowest BCUT2D eigenvalue weighted by atomic mass is 9.98. The Morgan fingerprint density at radius 3 is 2.50 bits per heavy atom. The van der Waals surface area contributed by atoms with Crippen LogP contribution in [0.4, 0.5) is 8.78 Å². The third kappa shape index (κ3) is 4.09. The lowest BCUT2D eigenvalue weighted by Gasteiger charge is -2.11. The lowest BCUT2D eigenvalue weighted by Crippen LogP contribution is -2.29. The molecule has 1 saturated heterocycles. The van der Waals surface area contributed by atoms with Gasteiger partial charge in [-0.25, -0.2) is 17.2 Å². The molecule has 1 heterocycles. The van der Waals surface area contributed by atoms with Gasteiger partial charge in [0.05, 0.1) is 11.5 Å². The molecule has 4 nitrogen and oxygen atoms in total. The predicted molar refractivity (Wildman–Crippen MR) is 95.6 cm³/mol. The Balaban J connectivity index is 1.72. The SMILES string of the molecule is Cc1cc(F)ccc1-c1ccc(C(=O)NCC2CCS(=O)(=O)C2)cc1F. The average Bonchev–Trinajstić information content (AvgIpc) is 2.92. The van der Waals surface area contributed by atoms with Gasteiger partial charge in [-0.1, -0.05) is 12.1 Å². The third-order valence-corrected chi connectivity index (χ3v) is 6.42. The minimum absolute atomic E-state index is 0.0738. The summed E-state index contributed by atoms with van der Waals surface area (Å²) in [7, 11) is -3.00. The molecule has 1 N–H and O–H groups in total. The third-order valence-electron chi connectivity index (χ3n) is 4.59. The van der Waals surface area contributed by atoms with E-state index in [1.54, 1.807) is 6.92 Å². The van der Waals surface area contributed by atoms with E-state index >= 15 is 0 Å². The molecule has 1 fully saturated rings. The van der Waals surface area contributed by atoms with Gasteiger partial charge < -0.3 is 5.32 Å². The Labute approximate surface area is 151 Å². The van der Waals surface area contributed by atoms with Crippen LogP contribution in [0.2, 0.25) is 0 Å². The number of rotatable bonds is 4. The van der Waals surface area contributed by atoms with Crippen molar-refractivity contribution in [2.45, 2.75) is 13.3 Å². The molecule has 0 saturated carbocycles. The number of hydrogen-bond donors (Lipinski definition) is 1. The average molecular weight is 379 g/mol. The fraction of sp³-hybridized carbons (Fsp3) is 0.316. The van der Waals surface area contributed by atoms with E-state index in [0.717, 1.165) is 6.07 Å². The van der Waals surface area contributed by atoms with Crippen molar-refractivity contribution >= 4 is 15.7 Å². The summed E-state index contributed by atoms with van der Waals surface area (Å²) in [6, 6.07) is 8.22. The van der Waals surface area contributed by atoms with Gasteiger partial charge in [-0.15, -0.1) is 0 Å². The minimum Gasteiger partial charge on any atom is -0.352 e. The van der Waals surface area contributed by atoms with E-state index in [1.165, 1.54) is 30.3 Å². The number of sulfone groups is 1. The number of aryl methyl sites for hydroxylation is 1. The number of halogens is 2. The molecule has 26 heavy (non-hydrogen) atoms. The molecule has 7 heteroatoms. The molecule has 0 bridgehead atoms. The van der Waals surface area contributed by atoms with Gasteiger partial charge >= 0.3 is 0 Å². The summed E-state index contributed by atoms with van der Waals surface area (Å²) >= 11 is 0. The Kier molecular flexibility index (Phi) is 5.09. The molecule has 138 valence electrons. The van der Waals surface area contributed by atoms with Crippen LogP contribution in [0.15, 0.2) is 36.4 Å². The molecular weight excluding hydrogens is 360 g/mol. The molecule has 2 aromatic rings. The highest BCUT2D eigenvalue weighted by molar-refractivity contribution is 7.91. The first-order valence-corrected chi connectivity index (χ1v) is 10.1. The van der Waals surface area contributed by atoms with Crippen LogP contribution in [-0.4, -0.2) is 32.4 Å². The quantitative estimate of drug-likeness (QED) is 0.888. The summed E-state index contributed by atoms with van der Waals surface area (Å²) < 4.78 is 50.5. The summed E-state index contributed by atoms with van der Waals surface area (Å²) in [6.07, 6.45) is 0.528. The summed E-state index contributed by atoms with van der Waals surface area (Å²) in [5.41, 5.74) is 1.61. The van der Waals surface area contributed by atoms with Gasteiger partial charge in [0.2, 0.25) is 0 Å². The Bertz CT molecular complexity index is 957. The second-order valence-electron chi connectivity index (χ2n) is 6.63. The molecule has 1 aliphatic rings. The predicted octanol–water partition coefficient (Wildman–Crippen LogP) is 3.10. The van der Waals surface area contributed by atoms with E-state index in [0.29, 0.717) is 23.1 Å². The highest BCUT2D eigenvalue weighted by Gasteiger charge is 2.28. The zero-order chi connectivity index (χ0) is 18.9. The summed E-state index contributed by atoms with van der Waals surface area (Å²) in [5, 5.41) is 2.66. The largest absolute Gasteiger partial charge is 0.352 e. The van der Waals surface area contributed by atoms with Crippen molar-refractivity contribution in [3.63, 3.8) is 0 Å². The molecular formula is C19H19F2NO3S. The van der Waals surface area contributed by atoms with Crippen molar-refractivity contribution in [2.75, 3.05) is 18.1 Å². The van der Waals surface area contributed by atoms with Gasteiger partial charge in [0.15, 0.2) is 9.84 Å². The maximum Gasteiger partial charge on any atom is 0.251 e. The monoisotopic (exact) mass is 379 g/mol. The van der Waals surface area contributed by atoms with Crippen LogP contribution < -0.4 is 5.32 Å². The highest BCUT2D eigenvalue weighted by Crippen LogP contribution is 2.27. The summed E-state index contributed by atoms with van der Waals surface area (Å²) in [5.74, 6) is -1.30. The molecule has 2 aromatic carbocycles. The zero-order valence-corrected chi connectivity index (χ0v) is 15.1. The van der Waals surface area contributed by atoms with Crippen LogP contribution in [0, 0.1) is 24.5 Å². The Morgan fingerprint density at radius 1 is 1.15 bits per heavy atom. The first kappa shape index (κ1) is 18.5. The minimum atomic E-state index is -3.00. The normalized spacial score (nSPS) is 18.7. The smallest absolute Gasteiger partial charge is 0.251 e. The topological polar surface area (TPSA) is 63.2 Å². The van der Waals surface area contributed by atoms with E-state index in [9.17, 15) is 22.0 Å². The fourth-order valence-electron chi connectivity index (χ4n) is 3.18. The van der Waals surface area contributed by atoms with E-state index in [4.69, 9.17) is 0 Å². The molecule has 1 aliphatic heterocycles. The molecule has 1 atom stereocenters. The number of hydrogen-bond acceptors (Lipinski definition) is 3. The van der Waals surface area contributed by atoms with E-state index < -0.39 is 27.4 Å². The molecule has 0 aliphatic carbocycles. The van der Waals surface area contributed by atoms with Crippen LogP contribution in [-0.2, 0) is 9.84 Å². The Morgan fingerprint density at radius 2 is 1.88 bits per heavy atom. The van der Waals surface area contributed by atoms with Crippen molar-refractivity contribution in [3.05, 3.63) is 59.2 Å². The van der Waals surface area contributed by atoms with E-state index in [-0.39, 0.29) is 29.5 Å². The van der Waals surface area contributed by atoms with Gasteiger partial charge in [-0.05, 0) is 54.7 Å². The number of amides is 1. The molecule has 0 radical (unpaired) electrons. The zero-order valence-electron chi connectivity index (χ0n) is 14.3.